The summed E-state index contributed by atoms with van der Waals surface area (Å²) in [7, 11) is -2.17. The SMILES string of the molecule is O=C(O)c1ccccc1O.O=C(O)c1ccccc1O.OB(O)O.[H-].[Li+]. The number of rotatable bonds is 2. The van der Waals surface area contributed by atoms with E-state index in [4.69, 9.17) is 35.5 Å². The van der Waals surface area contributed by atoms with Crippen molar-refractivity contribution in [1.29, 1.82) is 0 Å². The van der Waals surface area contributed by atoms with Crippen molar-refractivity contribution in [3.63, 3.8) is 0 Å². The van der Waals surface area contributed by atoms with E-state index >= 15 is 0 Å². The fourth-order valence-electron chi connectivity index (χ4n) is 1.31. The summed E-state index contributed by atoms with van der Waals surface area (Å²) in [5.74, 6) is -2.62. The van der Waals surface area contributed by atoms with Gasteiger partial charge in [0.2, 0.25) is 0 Å². The number of carboxylic acid groups (broad SMARTS) is 2. The number of para-hydroxylation sites is 2. The number of hydrogen-bond donors (Lipinski definition) is 7. The topological polar surface area (TPSA) is 176 Å². The molecule has 0 radical (unpaired) electrons. The molecule has 9 nitrogen and oxygen atoms in total. The van der Waals surface area contributed by atoms with E-state index in [-0.39, 0.29) is 42.9 Å². The molecule has 0 aliphatic rings. The zero-order valence-corrected chi connectivity index (χ0v) is 13.1. The molecule has 7 N–H and O–H groups in total. The van der Waals surface area contributed by atoms with Crippen LogP contribution >= 0.6 is 0 Å². The van der Waals surface area contributed by atoms with Gasteiger partial charge in [0.25, 0.3) is 0 Å². The van der Waals surface area contributed by atoms with Gasteiger partial charge in [-0.05, 0) is 24.3 Å². The second-order valence-electron chi connectivity index (χ2n) is 3.99. The van der Waals surface area contributed by atoms with Crippen LogP contribution in [-0.2, 0) is 0 Å². The van der Waals surface area contributed by atoms with Gasteiger partial charge in [0.15, 0.2) is 0 Å². The van der Waals surface area contributed by atoms with Gasteiger partial charge in [-0.3, -0.25) is 0 Å². The molecule has 0 aliphatic heterocycles. The minimum Gasteiger partial charge on any atom is -1.00 e. The molecular formula is C14H16BLiO9. The molecule has 0 unspecified atom stereocenters. The zero-order chi connectivity index (χ0) is 18.7. The van der Waals surface area contributed by atoms with Crippen LogP contribution in [0.2, 0.25) is 0 Å². The molecule has 0 saturated heterocycles. The zero-order valence-electron chi connectivity index (χ0n) is 14.1. The Bertz CT molecular complexity index is 627. The molecule has 2 aromatic carbocycles. The third-order valence-electron chi connectivity index (χ3n) is 2.27. The van der Waals surface area contributed by atoms with E-state index in [9.17, 15) is 9.59 Å². The van der Waals surface area contributed by atoms with E-state index in [1.807, 2.05) is 0 Å². The third-order valence-corrected chi connectivity index (χ3v) is 2.27. The van der Waals surface area contributed by atoms with Gasteiger partial charge in [-0.25, -0.2) is 9.59 Å². The standard InChI is InChI=1S/2C7H6O3.BH3O3.Li.H/c2*8-6-4-2-1-3-5(6)7(9)10;2-1(3)4;;/h2*1-4,8H,(H,9,10);2-4H;;/q;;;+1;-1. The Kier molecular flexibility index (Phi) is 12.8. The molecule has 0 aromatic heterocycles. The second kappa shape index (κ2) is 12.9. The van der Waals surface area contributed by atoms with Crippen LogP contribution in [0.1, 0.15) is 22.1 Å². The number of benzene rings is 2. The normalized spacial score (nSPS) is 8.44. The Morgan fingerprint density at radius 1 is 0.720 bits per heavy atom. The molecule has 130 valence electrons. The molecule has 0 heterocycles. The van der Waals surface area contributed by atoms with Gasteiger partial charge < -0.3 is 36.9 Å². The van der Waals surface area contributed by atoms with Crippen LogP contribution in [-0.4, -0.2) is 54.8 Å². The largest absolute Gasteiger partial charge is 1.00 e. The van der Waals surface area contributed by atoms with Crippen LogP contribution < -0.4 is 18.9 Å². The van der Waals surface area contributed by atoms with Gasteiger partial charge in [0.05, 0.1) is 0 Å². The number of aromatic carboxylic acids is 2. The van der Waals surface area contributed by atoms with E-state index in [1.54, 1.807) is 24.3 Å². The molecule has 0 fully saturated rings. The number of aromatic hydroxyl groups is 2. The number of carbonyl (C=O) groups is 2. The van der Waals surface area contributed by atoms with Gasteiger partial charge in [0.1, 0.15) is 22.6 Å². The van der Waals surface area contributed by atoms with Crippen molar-refractivity contribution in [3.05, 3.63) is 59.7 Å². The van der Waals surface area contributed by atoms with Crippen molar-refractivity contribution >= 4 is 19.3 Å². The van der Waals surface area contributed by atoms with E-state index in [0.717, 1.165) is 0 Å². The molecule has 0 amide bonds. The summed E-state index contributed by atoms with van der Waals surface area (Å²) in [6.07, 6.45) is 0. The van der Waals surface area contributed by atoms with Crippen molar-refractivity contribution < 1.29 is 65.4 Å². The van der Waals surface area contributed by atoms with Crippen LogP contribution in [0.25, 0.3) is 0 Å². The van der Waals surface area contributed by atoms with Crippen LogP contribution in [0.4, 0.5) is 0 Å². The summed E-state index contributed by atoms with van der Waals surface area (Å²) in [6, 6.07) is 11.6. The molecule has 0 saturated carbocycles. The maximum Gasteiger partial charge on any atom is 1.00 e. The Labute approximate surface area is 156 Å². The molecule has 0 aliphatic carbocycles. The fraction of sp³-hybridized carbons (Fsp3) is 0. The third kappa shape index (κ3) is 10.8. The predicted molar refractivity (Wildman–Crippen MR) is 83.7 cm³/mol. The maximum absolute atomic E-state index is 10.3. The van der Waals surface area contributed by atoms with Crippen LogP contribution in [0.3, 0.4) is 0 Å². The summed E-state index contributed by atoms with van der Waals surface area (Å²) in [6.45, 7) is 0. The minimum absolute atomic E-state index is 0. The van der Waals surface area contributed by atoms with Gasteiger partial charge in [0, 0.05) is 0 Å². The monoisotopic (exact) mass is 346 g/mol. The summed E-state index contributed by atoms with van der Waals surface area (Å²) < 4.78 is 0. The Hall–Kier alpha value is -2.48. The average Bonchev–Trinajstić information content (AvgIpc) is 2.47. The molecule has 0 atom stereocenters. The molecule has 2 aromatic rings. The van der Waals surface area contributed by atoms with Crippen LogP contribution in [0, 0.1) is 0 Å². The minimum atomic E-state index is -2.17. The molecule has 2 rings (SSSR count). The fourth-order valence-corrected chi connectivity index (χ4v) is 1.31. The first kappa shape index (κ1) is 24.8. The molecule has 0 spiro atoms. The Morgan fingerprint density at radius 3 is 1.12 bits per heavy atom. The van der Waals surface area contributed by atoms with Crippen LogP contribution in [0.15, 0.2) is 48.5 Å². The quantitative estimate of drug-likeness (QED) is 0.284. The van der Waals surface area contributed by atoms with Crippen molar-refractivity contribution in [3.8, 4) is 11.5 Å². The number of hydrogen-bond acceptors (Lipinski definition) is 7. The maximum atomic E-state index is 10.3. The number of carboxylic acids is 2. The molecular weight excluding hydrogens is 330 g/mol. The van der Waals surface area contributed by atoms with Gasteiger partial charge >= 0.3 is 38.1 Å². The number of phenols is 2. The Morgan fingerprint density at radius 2 is 0.960 bits per heavy atom. The summed E-state index contributed by atoms with van der Waals surface area (Å²) >= 11 is 0. The first-order valence-corrected chi connectivity index (χ1v) is 6.23. The van der Waals surface area contributed by atoms with E-state index < -0.39 is 19.3 Å². The smallest absolute Gasteiger partial charge is 1.00 e. The predicted octanol–water partition coefficient (Wildman–Crippen LogP) is -2.75. The summed E-state index contributed by atoms with van der Waals surface area (Å²) in [5.41, 5.74) is -0.134. The first-order chi connectivity index (χ1) is 11.2. The second-order valence-corrected chi connectivity index (χ2v) is 3.99. The Balaban J connectivity index is -0.000000319. The van der Waals surface area contributed by atoms with E-state index in [1.165, 1.54) is 24.3 Å². The van der Waals surface area contributed by atoms with Crippen molar-refractivity contribution in [2.75, 3.05) is 0 Å². The van der Waals surface area contributed by atoms with E-state index in [0.29, 0.717) is 0 Å². The van der Waals surface area contributed by atoms with Gasteiger partial charge in [-0.1, -0.05) is 24.3 Å². The van der Waals surface area contributed by atoms with Crippen LogP contribution in [0.5, 0.6) is 11.5 Å². The molecule has 0 bridgehead atoms. The van der Waals surface area contributed by atoms with E-state index in [2.05, 4.69) is 0 Å². The first-order valence-electron chi connectivity index (χ1n) is 6.23. The average molecular weight is 346 g/mol. The van der Waals surface area contributed by atoms with Gasteiger partial charge in [-0.15, -0.1) is 0 Å². The van der Waals surface area contributed by atoms with Crippen molar-refractivity contribution in [2.24, 2.45) is 0 Å². The molecule has 11 heteroatoms. The summed E-state index contributed by atoms with van der Waals surface area (Å²) in [5, 5.41) is 56.1. The summed E-state index contributed by atoms with van der Waals surface area (Å²) in [4.78, 5) is 20.5. The van der Waals surface area contributed by atoms with Crippen molar-refractivity contribution in [2.45, 2.75) is 0 Å². The van der Waals surface area contributed by atoms with Crippen molar-refractivity contribution in [1.82, 2.24) is 0 Å². The van der Waals surface area contributed by atoms with Gasteiger partial charge in [-0.2, -0.15) is 0 Å². The molecule has 25 heavy (non-hydrogen) atoms.